The highest BCUT2D eigenvalue weighted by Crippen LogP contribution is 2.24. The molecule has 1 aliphatic carbocycles. The van der Waals surface area contributed by atoms with Gasteiger partial charge in [0, 0.05) is 26.2 Å². The van der Waals surface area contributed by atoms with E-state index in [0.717, 1.165) is 32.1 Å². The molecule has 0 saturated heterocycles. The molecule has 0 heterocycles. The molecule has 3 nitrogen and oxygen atoms in total. The van der Waals surface area contributed by atoms with E-state index in [1.807, 2.05) is 0 Å². The van der Waals surface area contributed by atoms with Crippen LogP contribution in [-0.2, 0) is 0 Å². The molecule has 4 N–H and O–H groups in total. The van der Waals surface area contributed by atoms with E-state index in [-0.39, 0.29) is 0 Å². The lowest BCUT2D eigenvalue weighted by atomic mass is 9.92. The van der Waals surface area contributed by atoms with Crippen LogP contribution in [0.4, 0.5) is 0 Å². The van der Waals surface area contributed by atoms with Crippen molar-refractivity contribution >= 4 is 0 Å². The average Bonchev–Trinajstić information content (AvgIpc) is 2.55. The minimum absolute atomic E-state index is 0.738. The van der Waals surface area contributed by atoms with Crippen LogP contribution < -0.4 is 16.4 Å². The molecule has 0 spiro atoms. The Morgan fingerprint density at radius 2 is 1.32 bits per heavy atom. The first-order valence-corrected chi connectivity index (χ1v) is 8.55. The predicted octanol–water partition coefficient (Wildman–Crippen LogP) is 2.66. The number of hydrogen-bond donors (Lipinski definition) is 3. The lowest BCUT2D eigenvalue weighted by Crippen LogP contribution is -2.31. The molecule has 0 amide bonds. The summed E-state index contributed by atoms with van der Waals surface area (Å²) >= 11 is 0. The van der Waals surface area contributed by atoms with Gasteiger partial charge < -0.3 is 16.4 Å². The van der Waals surface area contributed by atoms with Crippen LogP contribution in [0, 0.1) is 5.92 Å². The second-order valence-corrected chi connectivity index (χ2v) is 6.00. The fraction of sp³-hybridized carbons (Fsp3) is 1.00. The van der Waals surface area contributed by atoms with Gasteiger partial charge in [0.25, 0.3) is 0 Å². The Hall–Kier alpha value is -0.120. The molecule has 0 aliphatic heterocycles. The van der Waals surface area contributed by atoms with Crippen molar-refractivity contribution in [2.24, 2.45) is 11.7 Å². The number of rotatable bonds is 9. The van der Waals surface area contributed by atoms with Crippen molar-refractivity contribution in [3.63, 3.8) is 0 Å². The fourth-order valence-corrected chi connectivity index (χ4v) is 3.05. The molecule has 0 aromatic rings. The lowest BCUT2D eigenvalue weighted by molar-refractivity contribution is 0.386. The predicted molar refractivity (Wildman–Crippen MR) is 84.5 cm³/mol. The Morgan fingerprint density at radius 1 is 0.737 bits per heavy atom. The van der Waals surface area contributed by atoms with Crippen LogP contribution in [-0.4, -0.2) is 32.7 Å². The normalized spacial score (nSPS) is 18.8. The minimum Gasteiger partial charge on any atom is -0.329 e. The summed E-state index contributed by atoms with van der Waals surface area (Å²) in [4.78, 5) is 0. The second-order valence-electron chi connectivity index (χ2n) is 6.00. The van der Waals surface area contributed by atoms with Crippen LogP contribution in [0.25, 0.3) is 0 Å². The second kappa shape index (κ2) is 12.9. The van der Waals surface area contributed by atoms with Crippen LogP contribution in [0.15, 0.2) is 0 Å². The maximum Gasteiger partial charge on any atom is 0.00772 e. The SMILES string of the molecule is NCCNCCNCCCC1CCCCCCCC1. The lowest BCUT2D eigenvalue weighted by Gasteiger charge is -2.15. The van der Waals surface area contributed by atoms with Gasteiger partial charge in [-0.1, -0.05) is 51.4 Å². The summed E-state index contributed by atoms with van der Waals surface area (Å²) in [7, 11) is 0. The van der Waals surface area contributed by atoms with Gasteiger partial charge in [0.15, 0.2) is 0 Å². The van der Waals surface area contributed by atoms with Gasteiger partial charge in [-0.3, -0.25) is 0 Å². The molecule has 1 fully saturated rings. The molecule has 0 aromatic heterocycles. The maximum absolute atomic E-state index is 5.43. The average molecular weight is 269 g/mol. The third-order valence-electron chi connectivity index (χ3n) is 4.24. The van der Waals surface area contributed by atoms with E-state index in [9.17, 15) is 0 Å². The van der Waals surface area contributed by atoms with Crippen LogP contribution in [0.2, 0.25) is 0 Å². The zero-order valence-electron chi connectivity index (χ0n) is 12.8. The van der Waals surface area contributed by atoms with Crippen LogP contribution >= 0.6 is 0 Å². The highest BCUT2D eigenvalue weighted by atomic mass is 14.9. The third-order valence-corrected chi connectivity index (χ3v) is 4.24. The summed E-state index contributed by atoms with van der Waals surface area (Å²) in [5, 5.41) is 6.83. The van der Waals surface area contributed by atoms with Gasteiger partial charge in [-0.25, -0.2) is 0 Å². The minimum atomic E-state index is 0.738. The van der Waals surface area contributed by atoms with Gasteiger partial charge >= 0.3 is 0 Å². The summed E-state index contributed by atoms with van der Waals surface area (Å²) in [5.74, 6) is 1.01. The van der Waals surface area contributed by atoms with Crippen molar-refractivity contribution in [1.29, 1.82) is 0 Å². The summed E-state index contributed by atoms with van der Waals surface area (Å²) in [6.45, 7) is 4.97. The summed E-state index contributed by atoms with van der Waals surface area (Å²) in [6, 6.07) is 0. The largest absolute Gasteiger partial charge is 0.329 e. The van der Waals surface area contributed by atoms with Crippen molar-refractivity contribution in [2.75, 3.05) is 32.7 Å². The summed E-state index contributed by atoms with van der Waals surface area (Å²) in [6.07, 6.45) is 14.6. The monoisotopic (exact) mass is 269 g/mol. The Labute approximate surface area is 120 Å². The maximum atomic E-state index is 5.43. The van der Waals surface area contributed by atoms with Crippen molar-refractivity contribution in [3.05, 3.63) is 0 Å². The topological polar surface area (TPSA) is 50.1 Å². The van der Waals surface area contributed by atoms with Crippen molar-refractivity contribution in [2.45, 2.75) is 64.2 Å². The van der Waals surface area contributed by atoms with Gasteiger partial charge in [-0.15, -0.1) is 0 Å². The molecule has 1 saturated carbocycles. The molecule has 0 aromatic carbocycles. The van der Waals surface area contributed by atoms with Crippen molar-refractivity contribution in [3.8, 4) is 0 Å². The number of hydrogen-bond acceptors (Lipinski definition) is 3. The first-order valence-electron chi connectivity index (χ1n) is 8.55. The molecule has 1 aliphatic rings. The van der Waals surface area contributed by atoms with Gasteiger partial charge in [0.1, 0.15) is 0 Å². The molecule has 0 atom stereocenters. The Morgan fingerprint density at radius 3 is 1.95 bits per heavy atom. The van der Waals surface area contributed by atoms with E-state index < -0.39 is 0 Å². The molecule has 0 radical (unpaired) electrons. The Bertz CT molecular complexity index is 175. The van der Waals surface area contributed by atoms with Crippen LogP contribution in [0.5, 0.6) is 0 Å². The first kappa shape index (κ1) is 16.9. The van der Waals surface area contributed by atoms with Gasteiger partial charge in [-0.2, -0.15) is 0 Å². The standard InChI is InChI=1S/C16H35N3/c17-11-13-19-15-14-18-12-7-10-16-8-5-3-1-2-4-6-9-16/h16,18-19H,1-15,17H2. The Kier molecular flexibility index (Phi) is 11.5. The molecule has 1 rings (SSSR count). The van der Waals surface area contributed by atoms with E-state index in [1.54, 1.807) is 0 Å². The third kappa shape index (κ3) is 10.3. The molecular weight excluding hydrogens is 234 g/mol. The van der Waals surface area contributed by atoms with E-state index in [2.05, 4.69) is 10.6 Å². The van der Waals surface area contributed by atoms with Crippen molar-refractivity contribution in [1.82, 2.24) is 10.6 Å². The quantitative estimate of drug-likeness (QED) is 0.564. The zero-order chi connectivity index (χ0) is 13.6. The number of nitrogens with two attached hydrogens (primary N) is 1. The van der Waals surface area contributed by atoms with Gasteiger partial charge in [0.2, 0.25) is 0 Å². The van der Waals surface area contributed by atoms with E-state index in [1.165, 1.54) is 70.8 Å². The molecule has 0 unspecified atom stereocenters. The van der Waals surface area contributed by atoms with Crippen LogP contribution in [0.3, 0.4) is 0 Å². The summed E-state index contributed by atoms with van der Waals surface area (Å²) < 4.78 is 0. The highest BCUT2D eigenvalue weighted by Gasteiger charge is 2.09. The smallest absolute Gasteiger partial charge is 0.00772 e. The van der Waals surface area contributed by atoms with Crippen LogP contribution in [0.1, 0.15) is 64.2 Å². The van der Waals surface area contributed by atoms with E-state index >= 15 is 0 Å². The Balaban J connectivity index is 1.91. The molecule has 19 heavy (non-hydrogen) atoms. The van der Waals surface area contributed by atoms with E-state index in [4.69, 9.17) is 5.73 Å². The van der Waals surface area contributed by atoms with Gasteiger partial charge in [0.05, 0.1) is 0 Å². The summed E-state index contributed by atoms with van der Waals surface area (Å²) in [5.41, 5.74) is 5.43. The molecule has 114 valence electrons. The highest BCUT2D eigenvalue weighted by molar-refractivity contribution is 4.64. The van der Waals surface area contributed by atoms with Gasteiger partial charge in [-0.05, 0) is 25.3 Å². The zero-order valence-corrected chi connectivity index (χ0v) is 12.8. The van der Waals surface area contributed by atoms with Crippen molar-refractivity contribution < 1.29 is 0 Å². The molecule has 3 heteroatoms. The fourth-order valence-electron chi connectivity index (χ4n) is 3.05. The molecular formula is C16H35N3. The van der Waals surface area contributed by atoms with E-state index in [0.29, 0.717) is 0 Å². The number of nitrogens with one attached hydrogen (secondary N) is 2. The first-order chi connectivity index (χ1) is 9.43. The molecule has 0 bridgehead atoms.